The van der Waals surface area contributed by atoms with Crippen molar-refractivity contribution < 1.29 is 18.0 Å². The minimum Gasteiger partial charge on any atom is -0.353 e. The molecule has 2 aliphatic heterocycles. The highest BCUT2D eigenvalue weighted by Crippen LogP contribution is 2.39. The predicted octanol–water partition coefficient (Wildman–Crippen LogP) is 3.32. The van der Waals surface area contributed by atoms with Gasteiger partial charge in [0, 0.05) is 88.3 Å². The van der Waals surface area contributed by atoms with Gasteiger partial charge < -0.3 is 15.1 Å². The van der Waals surface area contributed by atoms with Crippen LogP contribution in [0.3, 0.4) is 0 Å². The van der Waals surface area contributed by atoms with Gasteiger partial charge in [-0.3, -0.25) is 24.6 Å². The van der Waals surface area contributed by atoms with Gasteiger partial charge >= 0.3 is 6.18 Å². The number of carbonyl (C=O) groups is 1. The van der Waals surface area contributed by atoms with Gasteiger partial charge in [0.05, 0.1) is 24.0 Å². The Morgan fingerprint density at radius 1 is 0.976 bits per heavy atom. The maximum Gasteiger partial charge on any atom is 0.416 e. The third-order valence-corrected chi connectivity index (χ3v) is 8.25. The number of benzene rings is 1. The molecule has 1 atom stereocenters. The number of hydrogen-bond donors (Lipinski definition) is 1. The van der Waals surface area contributed by atoms with Gasteiger partial charge in [0.15, 0.2) is 0 Å². The summed E-state index contributed by atoms with van der Waals surface area (Å²) in [6.45, 7) is 6.73. The Kier molecular flexibility index (Phi) is 8.79. The first kappa shape index (κ1) is 28.9. The second kappa shape index (κ2) is 12.5. The van der Waals surface area contributed by atoms with Gasteiger partial charge in [-0.05, 0) is 31.4 Å². The van der Waals surface area contributed by atoms with Gasteiger partial charge in [0.25, 0.3) is 0 Å². The maximum absolute atomic E-state index is 13.6. The molecule has 1 aromatic carbocycles. The molecule has 3 aromatic rings. The molecule has 1 amide bonds. The van der Waals surface area contributed by atoms with Crippen LogP contribution in [0.2, 0.25) is 0 Å². The highest BCUT2D eigenvalue weighted by molar-refractivity contribution is 5.78. The standard InChI is InChI=1S/C29H35F3N8O/c1-22(25-18-33-7-9-35-25)37-21-28(23-3-2-4-24(17-23)29(30,31)32)5-11-40(12-6-28)27(41)20-38-13-15-39(16-14-38)26-19-34-8-10-36-26/h2-4,7-10,17-19,22,37H,5-6,11-16,20-21H2,1H3. The van der Waals surface area contributed by atoms with Gasteiger partial charge in [0.2, 0.25) is 5.91 Å². The van der Waals surface area contributed by atoms with Crippen molar-refractivity contribution in [2.45, 2.75) is 37.4 Å². The summed E-state index contributed by atoms with van der Waals surface area (Å²) in [5, 5.41) is 3.48. The van der Waals surface area contributed by atoms with Crippen LogP contribution in [0, 0.1) is 0 Å². The molecule has 218 valence electrons. The van der Waals surface area contributed by atoms with Gasteiger partial charge in [-0.25, -0.2) is 4.98 Å². The fourth-order valence-electron chi connectivity index (χ4n) is 5.65. The van der Waals surface area contributed by atoms with Crippen LogP contribution in [0.1, 0.15) is 42.6 Å². The normalized spacial score (nSPS) is 18.7. The molecule has 5 rings (SSSR count). The van der Waals surface area contributed by atoms with Gasteiger partial charge in [-0.1, -0.05) is 18.2 Å². The second-order valence-electron chi connectivity index (χ2n) is 10.8. The number of hydrogen-bond acceptors (Lipinski definition) is 8. The molecule has 2 aliphatic rings. The number of piperazine rings is 1. The lowest BCUT2D eigenvalue weighted by atomic mass is 9.72. The molecule has 9 nitrogen and oxygen atoms in total. The van der Waals surface area contributed by atoms with E-state index in [1.165, 1.54) is 12.1 Å². The van der Waals surface area contributed by atoms with Crippen LogP contribution in [0.5, 0.6) is 0 Å². The summed E-state index contributed by atoms with van der Waals surface area (Å²) in [4.78, 5) is 36.4. The number of carbonyl (C=O) groups excluding carboxylic acids is 1. The van der Waals surface area contributed by atoms with E-state index in [1.807, 2.05) is 11.8 Å². The number of piperidine rings is 1. The van der Waals surface area contributed by atoms with E-state index < -0.39 is 17.2 Å². The number of aromatic nitrogens is 4. The van der Waals surface area contributed by atoms with Crippen LogP contribution in [-0.2, 0) is 16.4 Å². The lowest BCUT2D eigenvalue weighted by Crippen LogP contribution is -2.53. The summed E-state index contributed by atoms with van der Waals surface area (Å²) in [6, 6.07) is 5.49. The van der Waals surface area contributed by atoms with E-state index in [0.717, 1.165) is 43.8 Å². The first-order valence-corrected chi connectivity index (χ1v) is 13.9. The molecule has 1 unspecified atom stereocenters. The topological polar surface area (TPSA) is 90.4 Å². The molecular formula is C29H35F3N8O. The molecule has 0 saturated carbocycles. The van der Waals surface area contributed by atoms with Crippen LogP contribution in [0.15, 0.2) is 61.4 Å². The molecule has 0 bridgehead atoms. The molecular weight excluding hydrogens is 533 g/mol. The van der Waals surface area contributed by atoms with E-state index in [1.54, 1.807) is 43.2 Å². The quantitative estimate of drug-likeness (QED) is 0.443. The highest BCUT2D eigenvalue weighted by Gasteiger charge is 2.40. The SMILES string of the molecule is CC(NCC1(c2cccc(C(F)(F)F)c2)CCN(C(=O)CN2CCN(c3cnccn3)CC2)CC1)c1cnccn1. The van der Waals surface area contributed by atoms with Crippen molar-refractivity contribution in [2.75, 3.05) is 57.3 Å². The van der Waals surface area contributed by atoms with E-state index in [4.69, 9.17) is 0 Å². The minimum absolute atomic E-state index is 0.0523. The molecule has 2 aromatic heterocycles. The van der Waals surface area contributed by atoms with Gasteiger partial charge in [-0.15, -0.1) is 0 Å². The summed E-state index contributed by atoms with van der Waals surface area (Å²) in [5.74, 6) is 0.888. The average Bonchev–Trinajstić information content (AvgIpc) is 3.01. The van der Waals surface area contributed by atoms with Crippen LogP contribution >= 0.6 is 0 Å². The van der Waals surface area contributed by atoms with Crippen molar-refractivity contribution in [1.29, 1.82) is 0 Å². The number of nitrogens with zero attached hydrogens (tertiary/aromatic N) is 7. The first-order valence-electron chi connectivity index (χ1n) is 13.9. The van der Waals surface area contributed by atoms with E-state index >= 15 is 0 Å². The molecule has 0 aliphatic carbocycles. The van der Waals surface area contributed by atoms with E-state index in [9.17, 15) is 18.0 Å². The molecule has 2 saturated heterocycles. The Morgan fingerprint density at radius 3 is 2.32 bits per heavy atom. The number of anilines is 1. The maximum atomic E-state index is 13.6. The third-order valence-electron chi connectivity index (χ3n) is 8.25. The van der Waals surface area contributed by atoms with Crippen molar-refractivity contribution >= 4 is 11.7 Å². The molecule has 41 heavy (non-hydrogen) atoms. The first-order chi connectivity index (χ1) is 19.7. The summed E-state index contributed by atoms with van der Waals surface area (Å²) >= 11 is 0. The zero-order valence-electron chi connectivity index (χ0n) is 23.1. The number of nitrogens with one attached hydrogen (secondary N) is 1. The molecule has 4 heterocycles. The second-order valence-corrected chi connectivity index (χ2v) is 10.8. The van der Waals surface area contributed by atoms with Crippen molar-refractivity contribution in [3.8, 4) is 0 Å². The number of amides is 1. The van der Waals surface area contributed by atoms with Crippen molar-refractivity contribution in [3.63, 3.8) is 0 Å². The van der Waals surface area contributed by atoms with Crippen LogP contribution in [0.4, 0.5) is 19.0 Å². The Bertz CT molecular complexity index is 1280. The molecule has 0 radical (unpaired) electrons. The van der Waals surface area contributed by atoms with Crippen LogP contribution in [-0.4, -0.2) is 88.0 Å². The smallest absolute Gasteiger partial charge is 0.353 e. The fourth-order valence-corrected chi connectivity index (χ4v) is 5.65. The Balaban J connectivity index is 1.23. The van der Waals surface area contributed by atoms with E-state index in [-0.39, 0.29) is 11.9 Å². The Labute approximate surface area is 237 Å². The van der Waals surface area contributed by atoms with Crippen LogP contribution < -0.4 is 10.2 Å². The van der Waals surface area contributed by atoms with Crippen LogP contribution in [0.25, 0.3) is 0 Å². The lowest BCUT2D eigenvalue weighted by Gasteiger charge is -2.44. The number of alkyl halides is 3. The molecule has 0 spiro atoms. The monoisotopic (exact) mass is 568 g/mol. The zero-order chi connectivity index (χ0) is 28.9. The van der Waals surface area contributed by atoms with Crippen molar-refractivity contribution in [3.05, 3.63) is 78.3 Å². The van der Waals surface area contributed by atoms with Crippen molar-refractivity contribution in [2.24, 2.45) is 0 Å². The number of halogens is 3. The summed E-state index contributed by atoms with van der Waals surface area (Å²) < 4.78 is 40.8. The summed E-state index contributed by atoms with van der Waals surface area (Å²) in [6.07, 6.45) is 6.66. The Hall–Kier alpha value is -3.64. The largest absolute Gasteiger partial charge is 0.416 e. The molecule has 1 N–H and O–H groups in total. The third kappa shape index (κ3) is 6.99. The molecule has 2 fully saturated rings. The minimum atomic E-state index is -4.43. The predicted molar refractivity (Wildman–Crippen MR) is 148 cm³/mol. The summed E-state index contributed by atoms with van der Waals surface area (Å²) in [5.41, 5.74) is 0.184. The van der Waals surface area contributed by atoms with Gasteiger partial charge in [0.1, 0.15) is 5.82 Å². The van der Waals surface area contributed by atoms with E-state index in [2.05, 4.69) is 35.1 Å². The fraction of sp³-hybridized carbons (Fsp3) is 0.483. The lowest BCUT2D eigenvalue weighted by molar-refractivity contribution is -0.137. The molecule has 12 heteroatoms. The summed E-state index contributed by atoms with van der Waals surface area (Å²) in [7, 11) is 0. The highest BCUT2D eigenvalue weighted by atomic mass is 19.4. The number of likely N-dealkylation sites (tertiary alicyclic amines) is 1. The number of rotatable bonds is 8. The average molecular weight is 569 g/mol. The van der Waals surface area contributed by atoms with Crippen molar-refractivity contribution in [1.82, 2.24) is 35.1 Å². The van der Waals surface area contributed by atoms with E-state index in [0.29, 0.717) is 44.6 Å². The van der Waals surface area contributed by atoms with Gasteiger partial charge in [-0.2, -0.15) is 13.2 Å². The Morgan fingerprint density at radius 2 is 1.68 bits per heavy atom. The zero-order valence-corrected chi connectivity index (χ0v) is 23.1.